The van der Waals surface area contributed by atoms with Crippen LogP contribution in [0, 0.1) is 5.92 Å². The lowest BCUT2D eigenvalue weighted by molar-refractivity contribution is -0.141. The normalized spacial score (nSPS) is 18.7. The van der Waals surface area contributed by atoms with E-state index in [4.69, 9.17) is 0 Å². The lowest BCUT2D eigenvalue weighted by Crippen LogP contribution is -2.48. The summed E-state index contributed by atoms with van der Waals surface area (Å²) in [6.45, 7) is 6.45. The number of likely N-dealkylation sites (N-methyl/N-ethyl adjacent to an activating group) is 1. The van der Waals surface area contributed by atoms with Gasteiger partial charge in [0.05, 0.1) is 6.04 Å². The molecule has 16 heavy (non-hydrogen) atoms. The smallest absolute Gasteiger partial charge is 0.256 e. The van der Waals surface area contributed by atoms with E-state index >= 15 is 0 Å². The molecule has 0 saturated heterocycles. The van der Waals surface area contributed by atoms with Crippen molar-refractivity contribution in [2.45, 2.75) is 26.8 Å². The molecule has 0 radical (unpaired) electrons. The number of carbonyl (C=O) groups excluding carboxylic acids is 2. The van der Waals surface area contributed by atoms with Crippen LogP contribution in [0.1, 0.15) is 20.8 Å². The zero-order valence-corrected chi connectivity index (χ0v) is 10.7. The molecular weight excluding hydrogens is 204 g/mol. The van der Waals surface area contributed by atoms with Crippen LogP contribution in [-0.4, -0.2) is 48.3 Å². The van der Waals surface area contributed by atoms with Gasteiger partial charge in [0.2, 0.25) is 0 Å². The topological polar surface area (TPSA) is 40.6 Å². The fraction of sp³-hybridized carbons (Fsp3) is 0.667. The second kappa shape index (κ2) is 4.78. The minimum Gasteiger partial charge on any atom is -0.307 e. The maximum absolute atomic E-state index is 11.9. The van der Waals surface area contributed by atoms with Crippen molar-refractivity contribution in [3.8, 4) is 0 Å². The Hall–Kier alpha value is -1.16. The molecule has 4 heteroatoms. The number of amides is 2. The van der Waals surface area contributed by atoms with Crippen molar-refractivity contribution < 1.29 is 9.59 Å². The Morgan fingerprint density at radius 2 is 1.88 bits per heavy atom. The Morgan fingerprint density at radius 1 is 1.31 bits per heavy atom. The van der Waals surface area contributed by atoms with Gasteiger partial charge in [-0.15, -0.1) is 0 Å². The molecule has 0 saturated carbocycles. The highest BCUT2D eigenvalue weighted by Gasteiger charge is 2.36. The Kier molecular flexibility index (Phi) is 3.86. The van der Waals surface area contributed by atoms with E-state index < -0.39 is 0 Å². The summed E-state index contributed by atoms with van der Waals surface area (Å²) in [6, 6.07) is -0.0521. The third-order valence-electron chi connectivity index (χ3n) is 2.79. The number of nitrogens with zero attached hydrogens (tertiary/aromatic N) is 2. The molecule has 1 aliphatic rings. The SMILES string of the molecule is CC1=CC(=O)N(C(CN(C)C)C(C)C)C1=O. The third kappa shape index (κ3) is 2.50. The van der Waals surface area contributed by atoms with E-state index in [0.717, 1.165) is 0 Å². The van der Waals surface area contributed by atoms with Crippen LogP contribution in [0.25, 0.3) is 0 Å². The van der Waals surface area contributed by atoms with Gasteiger partial charge in [-0.25, -0.2) is 0 Å². The Bertz CT molecular complexity index is 332. The van der Waals surface area contributed by atoms with E-state index in [-0.39, 0.29) is 23.8 Å². The molecule has 1 heterocycles. The van der Waals surface area contributed by atoms with E-state index in [2.05, 4.69) is 0 Å². The molecule has 4 nitrogen and oxygen atoms in total. The predicted octanol–water partition coefficient (Wildman–Crippen LogP) is 0.888. The van der Waals surface area contributed by atoms with Gasteiger partial charge in [-0.2, -0.15) is 0 Å². The number of imide groups is 1. The van der Waals surface area contributed by atoms with Gasteiger partial charge in [0, 0.05) is 18.2 Å². The molecule has 0 aromatic carbocycles. The molecule has 90 valence electrons. The number of hydrogen-bond donors (Lipinski definition) is 0. The number of hydrogen-bond acceptors (Lipinski definition) is 3. The molecule has 0 aromatic heterocycles. The van der Waals surface area contributed by atoms with Crippen molar-refractivity contribution in [1.82, 2.24) is 9.80 Å². The summed E-state index contributed by atoms with van der Waals surface area (Å²) in [5.41, 5.74) is 0.536. The summed E-state index contributed by atoms with van der Waals surface area (Å²) in [5.74, 6) is -0.0665. The molecule has 1 aliphatic heterocycles. The molecule has 2 amide bonds. The van der Waals surface area contributed by atoms with E-state index in [1.807, 2.05) is 32.8 Å². The van der Waals surface area contributed by atoms with Gasteiger partial charge in [0.15, 0.2) is 0 Å². The van der Waals surface area contributed by atoms with Gasteiger partial charge in [0.1, 0.15) is 0 Å². The van der Waals surface area contributed by atoms with E-state index in [1.165, 1.54) is 11.0 Å². The van der Waals surface area contributed by atoms with Crippen LogP contribution in [0.2, 0.25) is 0 Å². The maximum Gasteiger partial charge on any atom is 0.256 e. The molecule has 0 bridgehead atoms. The van der Waals surface area contributed by atoms with Gasteiger partial charge in [0.25, 0.3) is 11.8 Å². The molecule has 0 aliphatic carbocycles. The first-order chi connectivity index (χ1) is 7.34. The molecule has 0 aromatic rings. The standard InChI is InChI=1S/C12H20N2O2/c1-8(2)10(7-13(4)5)14-11(15)6-9(3)12(14)16/h6,8,10H,7H2,1-5H3. The van der Waals surface area contributed by atoms with Crippen LogP contribution in [0.4, 0.5) is 0 Å². The summed E-state index contributed by atoms with van der Waals surface area (Å²) in [5, 5.41) is 0. The monoisotopic (exact) mass is 224 g/mol. The lowest BCUT2D eigenvalue weighted by Gasteiger charge is -2.31. The minimum atomic E-state index is -0.178. The summed E-state index contributed by atoms with van der Waals surface area (Å²) in [7, 11) is 3.89. The fourth-order valence-corrected chi connectivity index (χ4v) is 1.89. The molecule has 1 unspecified atom stereocenters. The second-order valence-corrected chi connectivity index (χ2v) is 4.91. The number of rotatable bonds is 4. The summed E-state index contributed by atoms with van der Waals surface area (Å²) < 4.78 is 0. The predicted molar refractivity (Wildman–Crippen MR) is 62.8 cm³/mol. The largest absolute Gasteiger partial charge is 0.307 e. The highest BCUT2D eigenvalue weighted by Crippen LogP contribution is 2.20. The van der Waals surface area contributed by atoms with Crippen LogP contribution in [0.5, 0.6) is 0 Å². The quantitative estimate of drug-likeness (QED) is 0.666. The third-order valence-corrected chi connectivity index (χ3v) is 2.79. The zero-order chi connectivity index (χ0) is 12.5. The summed E-state index contributed by atoms with van der Waals surface area (Å²) >= 11 is 0. The first-order valence-corrected chi connectivity index (χ1v) is 5.55. The lowest BCUT2D eigenvalue weighted by atomic mass is 10.0. The number of carbonyl (C=O) groups is 2. The second-order valence-electron chi connectivity index (χ2n) is 4.91. The Morgan fingerprint density at radius 3 is 2.19 bits per heavy atom. The molecule has 1 atom stereocenters. The van der Waals surface area contributed by atoms with Gasteiger partial charge >= 0.3 is 0 Å². The van der Waals surface area contributed by atoms with Gasteiger partial charge in [-0.05, 0) is 26.9 Å². The highest BCUT2D eigenvalue weighted by molar-refractivity contribution is 6.16. The summed E-state index contributed by atoms with van der Waals surface area (Å²) in [6.07, 6.45) is 1.42. The first kappa shape index (κ1) is 12.9. The van der Waals surface area contributed by atoms with Crippen molar-refractivity contribution >= 4 is 11.8 Å². The maximum atomic E-state index is 11.9. The van der Waals surface area contributed by atoms with Crippen LogP contribution >= 0.6 is 0 Å². The van der Waals surface area contributed by atoms with E-state index in [1.54, 1.807) is 6.92 Å². The Labute approximate surface area is 96.9 Å². The molecule has 0 fully saturated rings. The molecular formula is C12H20N2O2. The van der Waals surface area contributed by atoms with Gasteiger partial charge in [-0.1, -0.05) is 13.8 Å². The van der Waals surface area contributed by atoms with Crippen LogP contribution < -0.4 is 0 Å². The van der Waals surface area contributed by atoms with Crippen molar-refractivity contribution in [1.29, 1.82) is 0 Å². The van der Waals surface area contributed by atoms with E-state index in [9.17, 15) is 9.59 Å². The van der Waals surface area contributed by atoms with Crippen molar-refractivity contribution in [3.05, 3.63) is 11.6 Å². The van der Waals surface area contributed by atoms with Crippen molar-refractivity contribution in [3.63, 3.8) is 0 Å². The van der Waals surface area contributed by atoms with Crippen LogP contribution in [0.3, 0.4) is 0 Å². The molecule has 0 spiro atoms. The Balaban J connectivity index is 2.89. The van der Waals surface area contributed by atoms with E-state index in [0.29, 0.717) is 12.1 Å². The molecule has 0 N–H and O–H groups in total. The van der Waals surface area contributed by atoms with Crippen molar-refractivity contribution in [2.24, 2.45) is 5.92 Å². The average molecular weight is 224 g/mol. The highest BCUT2D eigenvalue weighted by atomic mass is 16.2. The fourth-order valence-electron chi connectivity index (χ4n) is 1.89. The van der Waals surface area contributed by atoms with Crippen LogP contribution in [-0.2, 0) is 9.59 Å². The first-order valence-electron chi connectivity index (χ1n) is 5.55. The summed E-state index contributed by atoms with van der Waals surface area (Å²) in [4.78, 5) is 27.0. The van der Waals surface area contributed by atoms with Gasteiger partial charge in [-0.3, -0.25) is 14.5 Å². The average Bonchev–Trinajstić information content (AvgIpc) is 2.38. The van der Waals surface area contributed by atoms with Crippen molar-refractivity contribution in [2.75, 3.05) is 20.6 Å². The zero-order valence-electron chi connectivity index (χ0n) is 10.7. The molecule has 1 rings (SSSR count). The minimum absolute atomic E-state index is 0.0521. The van der Waals surface area contributed by atoms with Gasteiger partial charge < -0.3 is 4.90 Å². The van der Waals surface area contributed by atoms with Crippen LogP contribution in [0.15, 0.2) is 11.6 Å².